The van der Waals surface area contributed by atoms with E-state index in [-0.39, 0.29) is 18.0 Å². The van der Waals surface area contributed by atoms with Crippen LogP contribution in [-0.4, -0.2) is 27.8 Å². The van der Waals surface area contributed by atoms with E-state index in [1.54, 1.807) is 17.1 Å². The molecule has 0 unspecified atom stereocenters. The maximum Gasteiger partial charge on any atom is 0.222 e. The highest BCUT2D eigenvalue weighted by molar-refractivity contribution is 6.30. The van der Waals surface area contributed by atoms with Gasteiger partial charge in [0.25, 0.3) is 0 Å². The molecule has 3 N–H and O–H groups in total. The molecule has 1 fully saturated rings. The average Bonchev–Trinajstić information content (AvgIpc) is 2.85. The van der Waals surface area contributed by atoms with E-state index in [1.165, 1.54) is 0 Å². The van der Waals surface area contributed by atoms with Crippen molar-refractivity contribution in [3.05, 3.63) is 17.4 Å². The first kappa shape index (κ1) is 12.4. The van der Waals surface area contributed by atoms with Crippen LogP contribution in [0.3, 0.4) is 0 Å². The van der Waals surface area contributed by atoms with E-state index < -0.39 is 0 Å². The van der Waals surface area contributed by atoms with Gasteiger partial charge in [0.15, 0.2) is 0 Å². The number of aromatic nitrogens is 2. The van der Waals surface area contributed by atoms with Crippen molar-refractivity contribution in [1.82, 2.24) is 15.1 Å². The highest BCUT2D eigenvalue weighted by atomic mass is 35.5. The van der Waals surface area contributed by atoms with E-state index in [9.17, 15) is 4.79 Å². The highest BCUT2D eigenvalue weighted by Crippen LogP contribution is 2.17. The fraction of sp³-hybridized carbons (Fsp3) is 0.636. The van der Waals surface area contributed by atoms with Gasteiger partial charge in [-0.1, -0.05) is 11.6 Å². The molecular weight excluding hydrogens is 240 g/mol. The third kappa shape index (κ3) is 3.71. The molecule has 1 aliphatic carbocycles. The van der Waals surface area contributed by atoms with Crippen molar-refractivity contribution in [3.8, 4) is 0 Å². The lowest BCUT2D eigenvalue weighted by molar-refractivity contribution is -0.122. The van der Waals surface area contributed by atoms with Crippen LogP contribution in [0, 0.1) is 0 Å². The smallest absolute Gasteiger partial charge is 0.222 e. The van der Waals surface area contributed by atoms with Crippen LogP contribution in [0.1, 0.15) is 25.7 Å². The van der Waals surface area contributed by atoms with Crippen LogP contribution in [0.2, 0.25) is 5.02 Å². The molecule has 94 valence electrons. The summed E-state index contributed by atoms with van der Waals surface area (Å²) in [4.78, 5) is 11.7. The molecule has 2 atom stereocenters. The largest absolute Gasteiger partial charge is 0.353 e. The summed E-state index contributed by atoms with van der Waals surface area (Å²) in [7, 11) is 0. The lowest BCUT2D eigenvalue weighted by Crippen LogP contribution is -2.34. The van der Waals surface area contributed by atoms with E-state index in [0.717, 1.165) is 19.3 Å². The number of amides is 1. The number of nitrogens with two attached hydrogens (primary N) is 1. The summed E-state index contributed by atoms with van der Waals surface area (Å²) in [5.41, 5.74) is 5.79. The van der Waals surface area contributed by atoms with Crippen molar-refractivity contribution >= 4 is 17.5 Å². The van der Waals surface area contributed by atoms with Crippen molar-refractivity contribution < 1.29 is 4.79 Å². The van der Waals surface area contributed by atoms with Crippen LogP contribution in [0.5, 0.6) is 0 Å². The first-order valence-electron chi connectivity index (χ1n) is 5.86. The Kier molecular flexibility index (Phi) is 4.02. The number of nitrogens with zero attached hydrogens (tertiary/aromatic N) is 2. The second kappa shape index (κ2) is 5.51. The van der Waals surface area contributed by atoms with Gasteiger partial charge >= 0.3 is 0 Å². The number of nitrogens with one attached hydrogen (secondary N) is 1. The Balaban J connectivity index is 1.71. The van der Waals surface area contributed by atoms with Crippen LogP contribution < -0.4 is 11.1 Å². The standard InChI is InChI=1S/C11H17ClN4O/c12-8-6-14-16(7-8)4-3-11(17)15-10-2-1-9(13)5-10/h6-7,9-10H,1-5,13H2,(H,15,17)/t9-,10-/m1/s1. The second-order valence-corrected chi connectivity index (χ2v) is 4.95. The van der Waals surface area contributed by atoms with Gasteiger partial charge in [-0.2, -0.15) is 5.10 Å². The average molecular weight is 257 g/mol. The van der Waals surface area contributed by atoms with Gasteiger partial charge in [-0.15, -0.1) is 0 Å². The van der Waals surface area contributed by atoms with Gasteiger partial charge in [-0.3, -0.25) is 9.48 Å². The number of hydrogen-bond acceptors (Lipinski definition) is 3. The van der Waals surface area contributed by atoms with Crippen LogP contribution in [0.15, 0.2) is 12.4 Å². The number of halogens is 1. The summed E-state index contributed by atoms with van der Waals surface area (Å²) in [6, 6.07) is 0.490. The van der Waals surface area contributed by atoms with Crippen LogP contribution in [0.25, 0.3) is 0 Å². The summed E-state index contributed by atoms with van der Waals surface area (Å²) in [6.45, 7) is 0.553. The molecule has 6 heteroatoms. The van der Waals surface area contributed by atoms with Gasteiger partial charge in [-0.05, 0) is 19.3 Å². The minimum atomic E-state index is 0.0516. The molecule has 0 aliphatic heterocycles. The molecule has 1 aliphatic rings. The van der Waals surface area contributed by atoms with Crippen molar-refractivity contribution in [3.63, 3.8) is 0 Å². The Morgan fingerprint density at radius 2 is 2.47 bits per heavy atom. The molecular formula is C11H17ClN4O. The molecule has 1 aromatic rings. The predicted molar refractivity (Wildman–Crippen MR) is 65.6 cm³/mol. The number of carbonyl (C=O) groups is 1. The Labute approximate surface area is 105 Å². The molecule has 1 amide bonds. The number of carbonyl (C=O) groups excluding carboxylic acids is 1. The number of hydrogen-bond donors (Lipinski definition) is 2. The molecule has 1 aromatic heterocycles. The number of rotatable bonds is 4. The molecule has 1 heterocycles. The zero-order valence-corrected chi connectivity index (χ0v) is 10.4. The van der Waals surface area contributed by atoms with Crippen LogP contribution >= 0.6 is 11.6 Å². The van der Waals surface area contributed by atoms with E-state index in [1.807, 2.05) is 0 Å². The van der Waals surface area contributed by atoms with E-state index in [0.29, 0.717) is 18.0 Å². The summed E-state index contributed by atoms with van der Waals surface area (Å²) < 4.78 is 1.67. The summed E-state index contributed by atoms with van der Waals surface area (Å²) in [5, 5.41) is 7.60. The molecule has 5 nitrogen and oxygen atoms in total. The topological polar surface area (TPSA) is 72.9 Å². The lowest BCUT2D eigenvalue weighted by atomic mass is 10.2. The third-order valence-corrected chi connectivity index (χ3v) is 3.20. The van der Waals surface area contributed by atoms with Crippen molar-refractivity contribution in [2.75, 3.05) is 0 Å². The first-order chi connectivity index (χ1) is 8.13. The molecule has 0 spiro atoms. The second-order valence-electron chi connectivity index (χ2n) is 4.51. The summed E-state index contributed by atoms with van der Waals surface area (Å²) in [5.74, 6) is 0.0516. The van der Waals surface area contributed by atoms with Gasteiger partial charge in [0.05, 0.1) is 11.2 Å². The van der Waals surface area contributed by atoms with Crippen LogP contribution in [0.4, 0.5) is 0 Å². The Morgan fingerprint density at radius 3 is 3.06 bits per heavy atom. The van der Waals surface area contributed by atoms with Crippen molar-refractivity contribution in [2.45, 2.75) is 44.3 Å². The van der Waals surface area contributed by atoms with Gasteiger partial charge in [0.1, 0.15) is 0 Å². The van der Waals surface area contributed by atoms with E-state index >= 15 is 0 Å². The van der Waals surface area contributed by atoms with Crippen LogP contribution in [-0.2, 0) is 11.3 Å². The number of aryl methyl sites for hydroxylation is 1. The summed E-state index contributed by atoms with van der Waals surface area (Å²) >= 11 is 5.73. The predicted octanol–water partition coefficient (Wildman–Crippen LogP) is 0.923. The van der Waals surface area contributed by atoms with Crippen molar-refractivity contribution in [1.29, 1.82) is 0 Å². The third-order valence-electron chi connectivity index (χ3n) is 3.01. The van der Waals surface area contributed by atoms with E-state index in [2.05, 4.69) is 10.4 Å². The quantitative estimate of drug-likeness (QED) is 0.842. The monoisotopic (exact) mass is 256 g/mol. The van der Waals surface area contributed by atoms with Gasteiger partial charge in [0.2, 0.25) is 5.91 Å². The zero-order chi connectivity index (χ0) is 12.3. The normalized spacial score (nSPS) is 23.9. The Bertz CT molecular complexity index is 393. The van der Waals surface area contributed by atoms with Gasteiger partial charge < -0.3 is 11.1 Å². The Hall–Kier alpha value is -1.07. The molecule has 1 saturated carbocycles. The molecule has 2 rings (SSSR count). The maximum atomic E-state index is 11.7. The highest BCUT2D eigenvalue weighted by Gasteiger charge is 2.22. The van der Waals surface area contributed by atoms with Crippen molar-refractivity contribution in [2.24, 2.45) is 5.73 Å². The molecule has 17 heavy (non-hydrogen) atoms. The maximum absolute atomic E-state index is 11.7. The molecule has 0 aromatic carbocycles. The van der Waals surface area contributed by atoms with Gasteiger partial charge in [0, 0.05) is 31.2 Å². The Morgan fingerprint density at radius 1 is 1.65 bits per heavy atom. The SMILES string of the molecule is N[C@@H]1CC[C@@H](NC(=O)CCn2cc(Cl)cn2)C1. The van der Waals surface area contributed by atoms with Gasteiger partial charge in [-0.25, -0.2) is 0 Å². The minimum Gasteiger partial charge on any atom is -0.353 e. The lowest BCUT2D eigenvalue weighted by Gasteiger charge is -2.12. The fourth-order valence-electron chi connectivity index (χ4n) is 2.12. The zero-order valence-electron chi connectivity index (χ0n) is 9.60. The minimum absolute atomic E-state index is 0.0516. The molecule has 0 bridgehead atoms. The first-order valence-corrected chi connectivity index (χ1v) is 6.24. The van der Waals surface area contributed by atoms with E-state index in [4.69, 9.17) is 17.3 Å². The summed E-state index contributed by atoms with van der Waals surface area (Å²) in [6.07, 6.45) is 6.57. The fourth-order valence-corrected chi connectivity index (χ4v) is 2.28. The molecule has 0 radical (unpaired) electrons. The molecule has 0 saturated heterocycles.